The van der Waals surface area contributed by atoms with Crippen molar-refractivity contribution in [1.29, 1.82) is 0 Å². The summed E-state index contributed by atoms with van der Waals surface area (Å²) in [6.07, 6.45) is 4.08. The van der Waals surface area contributed by atoms with Gasteiger partial charge in [-0.1, -0.05) is 13.8 Å². The SMILES string of the molecule is CC(C)n1nc(N2CC3(COC3)C2)c2cnc(Nc3ccnc(N4CCC(O)C(C)(C)C4)n3)cc21. The summed E-state index contributed by atoms with van der Waals surface area (Å²) in [7, 11) is 0. The first-order chi connectivity index (χ1) is 16.7. The molecule has 1 unspecified atom stereocenters. The Morgan fingerprint density at radius 2 is 1.91 bits per heavy atom. The average Bonchev–Trinajstić information content (AvgIpc) is 3.13. The van der Waals surface area contributed by atoms with Crippen molar-refractivity contribution in [2.75, 3.05) is 54.5 Å². The number of hydrogen-bond donors (Lipinski definition) is 2. The number of aliphatic hydroxyl groups excluding tert-OH is 1. The number of rotatable bonds is 5. The summed E-state index contributed by atoms with van der Waals surface area (Å²) in [4.78, 5) is 18.4. The lowest BCUT2D eigenvalue weighted by Gasteiger charge is -2.55. The number of piperidine rings is 1. The van der Waals surface area contributed by atoms with E-state index in [0.29, 0.717) is 30.1 Å². The quantitative estimate of drug-likeness (QED) is 0.573. The molecule has 3 saturated heterocycles. The molecule has 0 bridgehead atoms. The first kappa shape index (κ1) is 22.5. The molecule has 3 fully saturated rings. The maximum Gasteiger partial charge on any atom is 0.227 e. The van der Waals surface area contributed by atoms with Gasteiger partial charge in [-0.2, -0.15) is 10.1 Å². The molecule has 0 aromatic carbocycles. The third-order valence-electron chi connectivity index (χ3n) is 7.58. The highest BCUT2D eigenvalue weighted by molar-refractivity contribution is 5.92. The Morgan fingerprint density at radius 3 is 2.60 bits per heavy atom. The van der Waals surface area contributed by atoms with Crippen LogP contribution >= 0.6 is 0 Å². The summed E-state index contributed by atoms with van der Waals surface area (Å²) in [6, 6.07) is 4.13. The van der Waals surface area contributed by atoms with Crippen LogP contribution in [0.15, 0.2) is 24.5 Å². The summed E-state index contributed by atoms with van der Waals surface area (Å²) in [5, 5.41) is 19.7. The van der Waals surface area contributed by atoms with Crippen LogP contribution in [0.2, 0.25) is 0 Å². The number of nitrogens with one attached hydrogen (secondary N) is 1. The zero-order valence-corrected chi connectivity index (χ0v) is 20.9. The fourth-order valence-corrected chi connectivity index (χ4v) is 5.42. The molecule has 0 saturated carbocycles. The molecule has 35 heavy (non-hydrogen) atoms. The van der Waals surface area contributed by atoms with Gasteiger partial charge in [0.1, 0.15) is 11.6 Å². The van der Waals surface area contributed by atoms with E-state index in [1.807, 2.05) is 12.3 Å². The molecule has 3 aromatic rings. The van der Waals surface area contributed by atoms with Crippen molar-refractivity contribution in [3.8, 4) is 0 Å². The van der Waals surface area contributed by atoms with Gasteiger partial charge in [0.15, 0.2) is 5.82 Å². The third kappa shape index (κ3) is 3.88. The van der Waals surface area contributed by atoms with Crippen LogP contribution in [0.4, 0.5) is 23.4 Å². The summed E-state index contributed by atoms with van der Waals surface area (Å²) in [5.41, 5.74) is 1.18. The maximum absolute atomic E-state index is 10.3. The van der Waals surface area contributed by atoms with E-state index in [4.69, 9.17) is 19.8 Å². The summed E-state index contributed by atoms with van der Waals surface area (Å²) in [6.45, 7) is 13.6. The van der Waals surface area contributed by atoms with Crippen molar-refractivity contribution in [3.63, 3.8) is 0 Å². The average molecular weight is 479 g/mol. The van der Waals surface area contributed by atoms with Crippen LogP contribution in [0.5, 0.6) is 0 Å². The summed E-state index contributed by atoms with van der Waals surface area (Å²) < 4.78 is 7.51. The molecule has 0 radical (unpaired) electrons. The van der Waals surface area contributed by atoms with E-state index in [9.17, 15) is 5.11 Å². The molecule has 0 aliphatic carbocycles. The summed E-state index contributed by atoms with van der Waals surface area (Å²) >= 11 is 0. The highest BCUT2D eigenvalue weighted by Gasteiger charge is 2.50. The second-order valence-electron chi connectivity index (χ2n) is 11.4. The van der Waals surface area contributed by atoms with Crippen molar-refractivity contribution < 1.29 is 9.84 Å². The molecule has 6 heterocycles. The van der Waals surface area contributed by atoms with E-state index >= 15 is 0 Å². The van der Waals surface area contributed by atoms with E-state index in [-0.39, 0.29) is 17.6 Å². The van der Waals surface area contributed by atoms with Gasteiger partial charge in [0, 0.05) is 56.1 Å². The van der Waals surface area contributed by atoms with Gasteiger partial charge in [0.2, 0.25) is 5.95 Å². The fourth-order valence-electron chi connectivity index (χ4n) is 5.42. The predicted octanol–water partition coefficient (Wildman–Crippen LogP) is 2.98. The molecule has 1 atom stereocenters. The van der Waals surface area contributed by atoms with Crippen molar-refractivity contribution in [2.45, 2.75) is 46.3 Å². The summed E-state index contributed by atoms with van der Waals surface area (Å²) in [5.74, 6) is 3.08. The van der Waals surface area contributed by atoms with Crippen LogP contribution in [0, 0.1) is 10.8 Å². The van der Waals surface area contributed by atoms with Gasteiger partial charge in [0.25, 0.3) is 0 Å². The molecule has 10 nitrogen and oxygen atoms in total. The smallest absolute Gasteiger partial charge is 0.227 e. The molecule has 3 aromatic heterocycles. The largest absolute Gasteiger partial charge is 0.392 e. The van der Waals surface area contributed by atoms with Gasteiger partial charge in [-0.15, -0.1) is 0 Å². The van der Waals surface area contributed by atoms with Gasteiger partial charge >= 0.3 is 0 Å². The number of ether oxygens (including phenoxy) is 1. The number of pyridine rings is 1. The second kappa shape index (κ2) is 8.03. The monoisotopic (exact) mass is 478 g/mol. The molecule has 1 spiro atoms. The van der Waals surface area contributed by atoms with Gasteiger partial charge < -0.3 is 25.0 Å². The van der Waals surface area contributed by atoms with Gasteiger partial charge in [-0.3, -0.25) is 4.68 Å². The lowest BCUT2D eigenvalue weighted by atomic mass is 9.78. The maximum atomic E-state index is 10.3. The van der Waals surface area contributed by atoms with E-state index in [2.05, 4.69) is 58.5 Å². The highest BCUT2D eigenvalue weighted by Crippen LogP contribution is 2.42. The number of anilines is 4. The first-order valence-corrected chi connectivity index (χ1v) is 12.5. The van der Waals surface area contributed by atoms with Gasteiger partial charge in [-0.25, -0.2) is 9.97 Å². The topological polar surface area (TPSA) is 104 Å². The van der Waals surface area contributed by atoms with Crippen LogP contribution < -0.4 is 15.1 Å². The Bertz CT molecular complexity index is 1240. The molecule has 2 N–H and O–H groups in total. The predicted molar refractivity (Wildman–Crippen MR) is 135 cm³/mol. The Labute approximate surface area is 205 Å². The van der Waals surface area contributed by atoms with Crippen LogP contribution in [0.3, 0.4) is 0 Å². The molecule has 6 rings (SSSR count). The molecule has 10 heteroatoms. The molecule has 3 aliphatic heterocycles. The second-order valence-corrected chi connectivity index (χ2v) is 11.4. The number of nitrogens with zero attached hydrogens (tertiary/aromatic N) is 7. The lowest BCUT2D eigenvalue weighted by Crippen LogP contribution is -2.66. The van der Waals surface area contributed by atoms with E-state index in [1.165, 1.54) is 0 Å². The van der Waals surface area contributed by atoms with E-state index < -0.39 is 0 Å². The normalized spacial score (nSPS) is 23.0. The highest BCUT2D eigenvalue weighted by atomic mass is 16.5. The molecule has 0 amide bonds. The Kier molecular flexibility index (Phi) is 5.16. The van der Waals surface area contributed by atoms with Crippen molar-refractivity contribution in [1.82, 2.24) is 24.7 Å². The van der Waals surface area contributed by atoms with Crippen LogP contribution in [0.1, 0.15) is 40.2 Å². The van der Waals surface area contributed by atoms with E-state index in [1.54, 1.807) is 6.20 Å². The zero-order valence-electron chi connectivity index (χ0n) is 20.9. The van der Waals surface area contributed by atoms with Gasteiger partial charge in [-0.05, 0) is 26.3 Å². The van der Waals surface area contributed by atoms with Crippen LogP contribution in [-0.2, 0) is 4.74 Å². The Balaban J connectivity index is 1.25. The lowest BCUT2D eigenvalue weighted by molar-refractivity contribution is -0.127. The standard InChI is InChI=1S/C25H34N8O2/c1-16(2)33-18-9-21(27-10-17(18)22(30-33)32-12-25(13-32)14-35-15-25)28-20-5-7-26-23(29-20)31-8-6-19(34)24(3,4)11-31/h5,7,9-10,16,19,34H,6,8,11-15H2,1-4H3,(H,26,27,28,29). The van der Waals surface area contributed by atoms with E-state index in [0.717, 1.165) is 55.4 Å². The third-order valence-corrected chi connectivity index (χ3v) is 7.58. The molecule has 3 aliphatic rings. The Morgan fingerprint density at radius 1 is 1.11 bits per heavy atom. The Hall–Kier alpha value is -2.98. The van der Waals surface area contributed by atoms with Crippen LogP contribution in [-0.4, -0.2) is 75.3 Å². The first-order valence-electron chi connectivity index (χ1n) is 12.5. The molecular weight excluding hydrogens is 444 g/mol. The van der Waals surface area contributed by atoms with Crippen molar-refractivity contribution >= 4 is 34.3 Å². The minimum atomic E-state index is -0.310. The van der Waals surface area contributed by atoms with Crippen molar-refractivity contribution in [2.24, 2.45) is 10.8 Å². The molecular formula is C25H34N8O2. The minimum Gasteiger partial charge on any atom is -0.392 e. The van der Waals surface area contributed by atoms with Gasteiger partial charge in [0.05, 0.1) is 35.6 Å². The van der Waals surface area contributed by atoms with Crippen molar-refractivity contribution in [3.05, 3.63) is 24.5 Å². The number of aromatic nitrogens is 5. The number of aliphatic hydroxyl groups is 1. The van der Waals surface area contributed by atoms with Crippen LogP contribution in [0.25, 0.3) is 10.9 Å². The minimum absolute atomic E-state index is 0.202. The fraction of sp³-hybridized carbons (Fsp3) is 0.600. The zero-order chi connectivity index (χ0) is 24.4. The number of hydrogen-bond acceptors (Lipinski definition) is 9. The number of fused-ring (bicyclic) bond motifs is 1. The molecule has 186 valence electrons.